The molecule has 0 radical (unpaired) electrons. The zero-order chi connectivity index (χ0) is 16.3. The van der Waals surface area contributed by atoms with E-state index in [-0.39, 0.29) is 21.6 Å². The van der Waals surface area contributed by atoms with Crippen LogP contribution in [0.4, 0.5) is 5.69 Å². The number of rotatable bonds is 4. The van der Waals surface area contributed by atoms with E-state index in [2.05, 4.69) is 10.5 Å². The predicted molar refractivity (Wildman–Crippen MR) is 90.5 cm³/mol. The van der Waals surface area contributed by atoms with Gasteiger partial charge in [-0.05, 0) is 29.9 Å². The topological polar surface area (TPSA) is 103 Å². The molecule has 0 unspecified atom stereocenters. The number of hydrogen-bond donors (Lipinski definition) is 3. The second kappa shape index (κ2) is 6.95. The minimum Gasteiger partial charge on any atom is -0.452 e. The predicted octanol–water partition coefficient (Wildman–Crippen LogP) is 1.81. The Balaban J connectivity index is 2.29. The highest BCUT2D eigenvalue weighted by Gasteiger charge is 2.33. The minimum absolute atomic E-state index is 0.00416. The number of carbonyl (C=O) groups excluding carboxylic acids is 1. The maximum absolute atomic E-state index is 11.4. The Morgan fingerprint density at radius 1 is 1.45 bits per heavy atom. The van der Waals surface area contributed by atoms with Gasteiger partial charge in [-0.3, -0.25) is 5.43 Å². The van der Waals surface area contributed by atoms with Gasteiger partial charge in [0.15, 0.2) is 5.11 Å². The van der Waals surface area contributed by atoms with Crippen molar-refractivity contribution in [3.05, 3.63) is 39.9 Å². The van der Waals surface area contributed by atoms with Gasteiger partial charge in [-0.1, -0.05) is 35.3 Å². The highest BCUT2D eigenvalue weighted by Crippen LogP contribution is 2.31. The average molecular weight is 359 g/mol. The van der Waals surface area contributed by atoms with Crippen LogP contribution in [0.25, 0.3) is 0 Å². The van der Waals surface area contributed by atoms with Crippen molar-refractivity contribution in [2.24, 2.45) is 10.8 Å². The van der Waals surface area contributed by atoms with Crippen LogP contribution in [0.5, 0.6) is 0 Å². The molecule has 0 saturated heterocycles. The Kier molecular flexibility index (Phi) is 5.23. The fourth-order valence-electron chi connectivity index (χ4n) is 1.85. The van der Waals surface area contributed by atoms with Crippen LogP contribution >= 0.6 is 35.4 Å². The van der Waals surface area contributed by atoms with Gasteiger partial charge in [-0.15, -0.1) is 0 Å². The lowest BCUT2D eigenvalue weighted by Crippen LogP contribution is -2.27. The number of nitrogens with two attached hydrogens (primary N) is 2. The smallest absolute Gasteiger partial charge is 0.351 e. The summed E-state index contributed by atoms with van der Waals surface area (Å²) in [5.74, 6) is -0.661. The summed E-state index contributed by atoms with van der Waals surface area (Å²) in [6, 6.07) is 7.02. The molecule has 1 aromatic rings. The fourth-order valence-corrected chi connectivity index (χ4v) is 2.26. The van der Waals surface area contributed by atoms with E-state index in [1.54, 1.807) is 24.3 Å². The second-order valence-corrected chi connectivity index (χ2v) is 5.64. The van der Waals surface area contributed by atoms with Gasteiger partial charge >= 0.3 is 5.97 Å². The van der Waals surface area contributed by atoms with Crippen LogP contribution in [0.2, 0.25) is 0 Å². The molecule has 1 aromatic carbocycles. The van der Waals surface area contributed by atoms with Crippen molar-refractivity contribution in [1.29, 1.82) is 0 Å². The summed E-state index contributed by atoms with van der Waals surface area (Å²) in [6.07, 6.45) is -0.519. The molecule has 2 rings (SSSR count). The Hall–Kier alpha value is -1.83. The van der Waals surface area contributed by atoms with Gasteiger partial charge in [0.1, 0.15) is 11.1 Å². The number of nitrogen functional groups attached to an aromatic ring is 1. The van der Waals surface area contributed by atoms with Crippen LogP contribution in [0.3, 0.4) is 0 Å². The molecule has 0 spiro atoms. The number of ether oxygens (including phenoxy) is 1. The van der Waals surface area contributed by atoms with Crippen molar-refractivity contribution in [2.75, 3.05) is 5.73 Å². The molecule has 5 N–H and O–H groups in total. The van der Waals surface area contributed by atoms with E-state index in [1.807, 2.05) is 0 Å². The normalized spacial score (nSPS) is 18.4. The van der Waals surface area contributed by atoms with E-state index >= 15 is 0 Å². The first kappa shape index (κ1) is 16.5. The van der Waals surface area contributed by atoms with Gasteiger partial charge < -0.3 is 16.2 Å². The lowest BCUT2D eigenvalue weighted by molar-refractivity contribution is -0.138. The highest BCUT2D eigenvalue weighted by molar-refractivity contribution is 7.80. The molecule has 1 aliphatic heterocycles. The zero-order valence-corrected chi connectivity index (χ0v) is 13.5. The third-order valence-corrected chi connectivity index (χ3v) is 3.80. The third kappa shape index (κ3) is 3.88. The summed E-state index contributed by atoms with van der Waals surface area (Å²) in [4.78, 5) is 11.4. The second-order valence-electron chi connectivity index (χ2n) is 4.42. The molecule has 0 bridgehead atoms. The van der Waals surface area contributed by atoms with E-state index in [1.165, 1.54) is 0 Å². The number of hydrazone groups is 1. The largest absolute Gasteiger partial charge is 0.452 e. The molecule has 0 fully saturated rings. The number of benzene rings is 1. The van der Waals surface area contributed by atoms with E-state index in [4.69, 9.17) is 51.6 Å². The molecular formula is C13H12Cl2N4O2S. The van der Waals surface area contributed by atoms with Crippen LogP contribution in [0.15, 0.2) is 39.4 Å². The highest BCUT2D eigenvalue weighted by atomic mass is 35.5. The summed E-state index contributed by atoms with van der Waals surface area (Å²) >= 11 is 16.5. The van der Waals surface area contributed by atoms with Crippen molar-refractivity contribution in [1.82, 2.24) is 5.43 Å². The number of hydrogen-bond acceptors (Lipinski definition) is 5. The molecule has 0 aromatic heterocycles. The molecule has 1 aliphatic rings. The number of esters is 1. The first-order chi connectivity index (χ1) is 10.4. The summed E-state index contributed by atoms with van der Waals surface area (Å²) in [5, 5.41) is 4.13. The molecule has 9 heteroatoms. The molecule has 1 atom stereocenters. The molecule has 6 nitrogen and oxygen atoms in total. The summed E-state index contributed by atoms with van der Waals surface area (Å²) in [5.41, 5.74) is 15.4. The molecule has 0 saturated carbocycles. The van der Waals surface area contributed by atoms with Crippen molar-refractivity contribution in [2.45, 2.75) is 12.5 Å². The Bertz CT molecular complexity index is 690. The third-order valence-electron chi connectivity index (χ3n) is 2.82. The number of halogens is 2. The minimum atomic E-state index is -0.713. The fraction of sp³-hybridized carbons (Fsp3) is 0.154. The number of nitrogens with zero attached hydrogens (tertiary/aromatic N) is 1. The quantitative estimate of drug-likeness (QED) is 0.249. The van der Waals surface area contributed by atoms with Gasteiger partial charge in [-0.25, -0.2) is 4.79 Å². The standard InChI is InChI=1S/C13H12Cl2N4O2S/c14-10-9(21-12(20)11(10)15)5-8(18-19-13(17)22)6-2-1-3-7(16)4-6/h1-4,9H,5,16H2,(H3,17,19,22)/b18-8+/t9-/m0/s1. The lowest BCUT2D eigenvalue weighted by atomic mass is 10.0. The van der Waals surface area contributed by atoms with Gasteiger partial charge in [0.05, 0.1) is 10.7 Å². The lowest BCUT2D eigenvalue weighted by Gasteiger charge is -2.13. The molecule has 0 aliphatic carbocycles. The number of carbonyl (C=O) groups is 1. The molecule has 22 heavy (non-hydrogen) atoms. The van der Waals surface area contributed by atoms with E-state index in [0.717, 1.165) is 0 Å². The monoisotopic (exact) mass is 358 g/mol. The Labute approximate surface area is 142 Å². The van der Waals surface area contributed by atoms with E-state index in [0.29, 0.717) is 17.0 Å². The first-order valence-corrected chi connectivity index (χ1v) is 7.29. The van der Waals surface area contributed by atoms with E-state index in [9.17, 15) is 4.79 Å². The van der Waals surface area contributed by atoms with Crippen LogP contribution in [-0.2, 0) is 9.53 Å². The summed E-state index contributed by atoms with van der Waals surface area (Å²) in [7, 11) is 0. The molecule has 116 valence electrons. The molecule has 1 heterocycles. The van der Waals surface area contributed by atoms with Crippen molar-refractivity contribution >= 4 is 57.9 Å². The van der Waals surface area contributed by atoms with Crippen LogP contribution in [0.1, 0.15) is 12.0 Å². The van der Waals surface area contributed by atoms with Gasteiger partial charge in [-0.2, -0.15) is 5.10 Å². The van der Waals surface area contributed by atoms with Gasteiger partial charge in [0, 0.05) is 12.1 Å². The zero-order valence-electron chi connectivity index (χ0n) is 11.2. The maximum atomic E-state index is 11.4. The SMILES string of the molecule is NC(=S)N/N=C(\C[C@@H]1OC(=O)C(Cl)=C1Cl)c1cccc(N)c1. The van der Waals surface area contributed by atoms with Crippen LogP contribution < -0.4 is 16.9 Å². The Morgan fingerprint density at radius 3 is 2.73 bits per heavy atom. The van der Waals surface area contributed by atoms with Crippen molar-refractivity contribution in [3.63, 3.8) is 0 Å². The van der Waals surface area contributed by atoms with Crippen molar-refractivity contribution < 1.29 is 9.53 Å². The van der Waals surface area contributed by atoms with Gasteiger partial charge in [0.25, 0.3) is 0 Å². The van der Waals surface area contributed by atoms with Crippen LogP contribution in [0, 0.1) is 0 Å². The first-order valence-electron chi connectivity index (χ1n) is 6.12. The molecular weight excluding hydrogens is 347 g/mol. The van der Waals surface area contributed by atoms with Gasteiger partial charge in [0.2, 0.25) is 0 Å². The number of cyclic esters (lactones) is 1. The number of anilines is 1. The van der Waals surface area contributed by atoms with E-state index < -0.39 is 12.1 Å². The molecule has 0 amide bonds. The Morgan fingerprint density at radius 2 is 2.18 bits per heavy atom. The van der Waals surface area contributed by atoms with Crippen LogP contribution in [-0.4, -0.2) is 22.9 Å². The average Bonchev–Trinajstić information content (AvgIpc) is 2.70. The summed E-state index contributed by atoms with van der Waals surface area (Å²) < 4.78 is 5.09. The summed E-state index contributed by atoms with van der Waals surface area (Å²) in [6.45, 7) is 0. The van der Waals surface area contributed by atoms with Crippen molar-refractivity contribution in [3.8, 4) is 0 Å². The number of thiocarbonyl (C=S) groups is 1. The maximum Gasteiger partial charge on any atom is 0.351 e. The number of nitrogens with one attached hydrogen (secondary N) is 1.